The van der Waals surface area contributed by atoms with Crippen molar-refractivity contribution in [1.29, 1.82) is 0 Å². The molecule has 1 aliphatic rings. The summed E-state index contributed by atoms with van der Waals surface area (Å²) < 4.78 is 0. The summed E-state index contributed by atoms with van der Waals surface area (Å²) in [5.74, 6) is 0.0367. The van der Waals surface area contributed by atoms with Gasteiger partial charge in [0, 0.05) is 38.9 Å². The molecule has 0 atom stereocenters. The van der Waals surface area contributed by atoms with Gasteiger partial charge in [-0.25, -0.2) is 0 Å². The number of amides is 2. The van der Waals surface area contributed by atoms with Gasteiger partial charge in [-0.15, -0.1) is 10.2 Å². The Morgan fingerprint density at radius 1 is 1.36 bits per heavy atom. The molecule has 0 radical (unpaired) electrons. The number of hydrogen-bond acceptors (Lipinski definition) is 6. The second-order valence-electron chi connectivity index (χ2n) is 5.69. The highest BCUT2D eigenvalue weighted by atomic mass is 32.1. The number of carbonyl (C=O) groups excluding carboxylic acids is 2. The summed E-state index contributed by atoms with van der Waals surface area (Å²) in [6, 6.07) is 0. The molecule has 1 fully saturated rings. The van der Waals surface area contributed by atoms with E-state index in [9.17, 15) is 9.59 Å². The molecule has 1 N–H and O–H groups in total. The highest BCUT2D eigenvalue weighted by Gasteiger charge is 2.18. The number of rotatable bonds is 7. The molecule has 0 unspecified atom stereocenters. The average molecular weight is 325 g/mol. The first kappa shape index (κ1) is 16.8. The SMILES string of the molecule is CN(C)CCc1nnc(NC(=O)CCN2CCCCC2=O)s1. The molecular formula is C14H23N5O2S. The van der Waals surface area contributed by atoms with Crippen molar-refractivity contribution in [1.82, 2.24) is 20.0 Å². The van der Waals surface area contributed by atoms with Gasteiger partial charge in [-0.3, -0.25) is 9.59 Å². The molecule has 2 heterocycles. The number of nitrogens with one attached hydrogen (secondary N) is 1. The van der Waals surface area contributed by atoms with Crippen LogP contribution >= 0.6 is 11.3 Å². The van der Waals surface area contributed by atoms with Gasteiger partial charge in [0.1, 0.15) is 5.01 Å². The van der Waals surface area contributed by atoms with Crippen LogP contribution in [0.3, 0.4) is 0 Å². The molecular weight excluding hydrogens is 302 g/mol. The summed E-state index contributed by atoms with van der Waals surface area (Å²) in [6.07, 6.45) is 3.72. The number of anilines is 1. The second kappa shape index (κ2) is 8.19. The number of piperidine rings is 1. The first-order valence-electron chi connectivity index (χ1n) is 7.59. The van der Waals surface area contributed by atoms with Crippen LogP contribution in [0.4, 0.5) is 5.13 Å². The number of aromatic nitrogens is 2. The maximum absolute atomic E-state index is 11.9. The van der Waals surface area contributed by atoms with Gasteiger partial charge in [0.25, 0.3) is 0 Å². The summed E-state index contributed by atoms with van der Waals surface area (Å²) in [6.45, 7) is 2.15. The summed E-state index contributed by atoms with van der Waals surface area (Å²) in [7, 11) is 4.01. The fraction of sp³-hybridized carbons (Fsp3) is 0.714. The fourth-order valence-electron chi connectivity index (χ4n) is 2.24. The minimum absolute atomic E-state index is 0.117. The smallest absolute Gasteiger partial charge is 0.227 e. The van der Waals surface area contributed by atoms with E-state index in [4.69, 9.17) is 0 Å². The van der Waals surface area contributed by atoms with Crippen LogP contribution in [0.2, 0.25) is 0 Å². The van der Waals surface area contributed by atoms with Crippen LogP contribution in [0.1, 0.15) is 30.7 Å². The number of likely N-dealkylation sites (N-methyl/N-ethyl adjacent to an activating group) is 1. The van der Waals surface area contributed by atoms with E-state index < -0.39 is 0 Å². The Kier molecular flexibility index (Phi) is 6.26. The van der Waals surface area contributed by atoms with Gasteiger partial charge in [0.05, 0.1) is 0 Å². The highest BCUT2D eigenvalue weighted by molar-refractivity contribution is 7.15. The maximum Gasteiger partial charge on any atom is 0.227 e. The second-order valence-corrected chi connectivity index (χ2v) is 6.75. The first-order chi connectivity index (χ1) is 10.5. The minimum atomic E-state index is -0.117. The third kappa shape index (κ3) is 5.34. The summed E-state index contributed by atoms with van der Waals surface area (Å²) in [4.78, 5) is 27.4. The lowest BCUT2D eigenvalue weighted by atomic mass is 10.1. The van der Waals surface area contributed by atoms with Crippen molar-refractivity contribution in [2.24, 2.45) is 0 Å². The quantitative estimate of drug-likeness (QED) is 0.808. The zero-order valence-electron chi connectivity index (χ0n) is 13.2. The monoisotopic (exact) mass is 325 g/mol. The largest absolute Gasteiger partial charge is 0.342 e. The Bertz CT molecular complexity index is 517. The van der Waals surface area contributed by atoms with Crippen LogP contribution in [-0.2, 0) is 16.0 Å². The van der Waals surface area contributed by atoms with Crippen LogP contribution in [0, 0.1) is 0 Å². The lowest BCUT2D eigenvalue weighted by Crippen LogP contribution is -2.37. The molecule has 7 nitrogen and oxygen atoms in total. The molecule has 0 aliphatic carbocycles. The van der Waals surface area contributed by atoms with E-state index in [0.717, 1.165) is 37.4 Å². The number of nitrogens with zero attached hydrogens (tertiary/aromatic N) is 4. The molecule has 0 spiro atoms. The lowest BCUT2D eigenvalue weighted by molar-refractivity contribution is -0.133. The van der Waals surface area contributed by atoms with Crippen molar-refractivity contribution in [2.75, 3.05) is 39.0 Å². The Labute approximate surface area is 134 Å². The van der Waals surface area contributed by atoms with Crippen LogP contribution < -0.4 is 5.32 Å². The zero-order valence-corrected chi connectivity index (χ0v) is 14.0. The van der Waals surface area contributed by atoms with Gasteiger partial charge in [0.2, 0.25) is 16.9 Å². The standard InChI is InChI=1S/C14H23N5O2S/c1-18(2)9-7-12-16-17-14(22-12)15-11(20)6-10-19-8-4-3-5-13(19)21/h3-10H2,1-2H3,(H,15,17,20). The molecule has 8 heteroatoms. The van der Waals surface area contributed by atoms with Crippen LogP contribution in [0.5, 0.6) is 0 Å². The molecule has 2 rings (SSSR count). The Balaban J connectivity index is 1.73. The van der Waals surface area contributed by atoms with E-state index in [0.29, 0.717) is 24.5 Å². The maximum atomic E-state index is 11.9. The van der Waals surface area contributed by atoms with Crippen molar-refractivity contribution in [3.63, 3.8) is 0 Å². The molecule has 1 aromatic heterocycles. The molecule has 1 aromatic rings. The number of likely N-dealkylation sites (tertiary alicyclic amines) is 1. The molecule has 0 aromatic carbocycles. The third-order valence-corrected chi connectivity index (χ3v) is 4.41. The highest BCUT2D eigenvalue weighted by Crippen LogP contribution is 2.16. The predicted octanol–water partition coefficient (Wildman–Crippen LogP) is 0.983. The fourth-order valence-corrected chi connectivity index (χ4v) is 2.99. The summed E-state index contributed by atoms with van der Waals surface area (Å²) >= 11 is 1.40. The van der Waals surface area contributed by atoms with E-state index in [-0.39, 0.29) is 11.8 Å². The molecule has 0 bridgehead atoms. The normalized spacial score (nSPS) is 15.4. The molecule has 22 heavy (non-hydrogen) atoms. The topological polar surface area (TPSA) is 78.4 Å². The van der Waals surface area contributed by atoms with Crippen LogP contribution in [0.25, 0.3) is 0 Å². The van der Waals surface area contributed by atoms with Gasteiger partial charge >= 0.3 is 0 Å². The molecule has 1 aliphatic heterocycles. The summed E-state index contributed by atoms with van der Waals surface area (Å²) in [5, 5.41) is 12.2. The van der Waals surface area contributed by atoms with Crippen molar-refractivity contribution in [3.05, 3.63) is 5.01 Å². The molecule has 0 saturated carbocycles. The molecule has 1 saturated heterocycles. The lowest BCUT2D eigenvalue weighted by Gasteiger charge is -2.26. The Morgan fingerprint density at radius 2 is 2.18 bits per heavy atom. The van der Waals surface area contributed by atoms with Gasteiger partial charge in [0.15, 0.2) is 0 Å². The zero-order chi connectivity index (χ0) is 15.9. The van der Waals surface area contributed by atoms with Gasteiger partial charge < -0.3 is 15.1 Å². The number of carbonyl (C=O) groups is 2. The number of hydrogen-bond donors (Lipinski definition) is 1. The van der Waals surface area contributed by atoms with Gasteiger partial charge in [-0.1, -0.05) is 11.3 Å². The van der Waals surface area contributed by atoms with Crippen LogP contribution in [-0.4, -0.2) is 65.5 Å². The van der Waals surface area contributed by atoms with Crippen molar-refractivity contribution in [3.8, 4) is 0 Å². The van der Waals surface area contributed by atoms with Crippen molar-refractivity contribution >= 4 is 28.3 Å². The van der Waals surface area contributed by atoms with E-state index in [1.54, 1.807) is 4.90 Å². The third-order valence-electron chi connectivity index (χ3n) is 3.52. The molecule has 122 valence electrons. The van der Waals surface area contributed by atoms with Crippen molar-refractivity contribution < 1.29 is 9.59 Å². The molecule has 2 amide bonds. The van der Waals surface area contributed by atoms with Gasteiger partial charge in [-0.05, 0) is 26.9 Å². The van der Waals surface area contributed by atoms with E-state index >= 15 is 0 Å². The first-order valence-corrected chi connectivity index (χ1v) is 8.41. The van der Waals surface area contributed by atoms with Crippen molar-refractivity contribution in [2.45, 2.75) is 32.1 Å². The van der Waals surface area contributed by atoms with E-state index in [2.05, 4.69) is 20.4 Å². The van der Waals surface area contributed by atoms with Crippen LogP contribution in [0.15, 0.2) is 0 Å². The Morgan fingerprint density at radius 3 is 2.91 bits per heavy atom. The summed E-state index contributed by atoms with van der Waals surface area (Å²) in [5.41, 5.74) is 0. The predicted molar refractivity (Wildman–Crippen MR) is 85.8 cm³/mol. The van der Waals surface area contributed by atoms with Gasteiger partial charge in [-0.2, -0.15) is 0 Å². The average Bonchev–Trinajstić information content (AvgIpc) is 2.92. The van der Waals surface area contributed by atoms with E-state index in [1.807, 2.05) is 14.1 Å². The van der Waals surface area contributed by atoms with E-state index in [1.165, 1.54) is 11.3 Å². The Hall–Kier alpha value is -1.54. The minimum Gasteiger partial charge on any atom is -0.342 e.